The molecule has 0 aromatic carbocycles. The zero-order valence-corrected chi connectivity index (χ0v) is 19.0. The van der Waals surface area contributed by atoms with Gasteiger partial charge in [-0.05, 0) is 28.7 Å². The second-order valence-electron chi connectivity index (χ2n) is 8.17. The molecule has 0 radical (unpaired) electrons. The number of ether oxygens (including phenoxy) is 1. The monoisotopic (exact) mass is 428 g/mol. The van der Waals surface area contributed by atoms with Gasteiger partial charge in [0.05, 0.1) is 6.61 Å². The van der Waals surface area contributed by atoms with Gasteiger partial charge in [-0.2, -0.15) is 4.57 Å². The van der Waals surface area contributed by atoms with E-state index < -0.39 is 0 Å². The van der Waals surface area contributed by atoms with Gasteiger partial charge in [0.2, 0.25) is 0 Å². The highest BCUT2D eigenvalue weighted by Crippen LogP contribution is 2.16. The fraction of sp³-hybridized carbons (Fsp3) is 0.259. The van der Waals surface area contributed by atoms with Gasteiger partial charge in [0.25, 0.3) is 6.73 Å². The van der Waals surface area contributed by atoms with Crippen LogP contribution in [0.25, 0.3) is 22.3 Å². The maximum atomic E-state index is 5.85. The summed E-state index contributed by atoms with van der Waals surface area (Å²) in [5.41, 5.74) is 4.92. The van der Waals surface area contributed by atoms with Gasteiger partial charge in [-0.1, -0.05) is 0 Å². The summed E-state index contributed by atoms with van der Waals surface area (Å²) in [6.07, 6.45) is 18.9. The summed E-state index contributed by atoms with van der Waals surface area (Å²) in [4.78, 5) is 0. The van der Waals surface area contributed by atoms with Crippen LogP contribution in [-0.4, -0.2) is 6.61 Å². The molecule has 0 aliphatic rings. The zero-order chi connectivity index (χ0) is 22.2. The Morgan fingerprint density at radius 3 is 1.41 bits per heavy atom. The number of hydrogen-bond acceptors (Lipinski definition) is 1. The standard InChI is InChI=1S/C27H32N4O/c1-28-14-5-24(6-15-28)26-9-18-30(19-10-26)13-3-4-22-32-23-31-20-11-27(12-21-31)25-7-16-29(2)17-8-25/h5-12,14-21H,3-4,13,22-23H2,1-2H3/q+4. The number of unbranched alkanes of at least 4 members (excludes halogenated alkanes) is 1. The first-order valence-corrected chi connectivity index (χ1v) is 11.1. The third-order valence-electron chi connectivity index (χ3n) is 5.60. The Labute approximate surface area is 190 Å². The summed E-state index contributed by atoms with van der Waals surface area (Å²) in [7, 11) is 4.06. The molecule has 4 heterocycles. The van der Waals surface area contributed by atoms with E-state index in [4.69, 9.17) is 4.74 Å². The largest absolute Gasteiger partial charge is 0.323 e. The third-order valence-corrected chi connectivity index (χ3v) is 5.60. The van der Waals surface area contributed by atoms with Crippen LogP contribution in [-0.2, 0) is 32.1 Å². The lowest BCUT2D eigenvalue weighted by atomic mass is 10.1. The minimum Gasteiger partial charge on any atom is -0.323 e. The van der Waals surface area contributed by atoms with Crippen molar-refractivity contribution in [1.82, 2.24) is 0 Å². The average molecular weight is 429 g/mol. The normalized spacial score (nSPS) is 10.9. The van der Waals surface area contributed by atoms with Crippen LogP contribution in [0.15, 0.2) is 98.1 Å². The molecule has 32 heavy (non-hydrogen) atoms. The summed E-state index contributed by atoms with van der Waals surface area (Å²) in [5.74, 6) is 0. The molecular weight excluding hydrogens is 396 g/mol. The maximum absolute atomic E-state index is 5.85. The molecule has 0 spiro atoms. The van der Waals surface area contributed by atoms with Gasteiger partial charge in [-0.25, -0.2) is 13.7 Å². The summed E-state index contributed by atoms with van der Waals surface area (Å²) < 4.78 is 14.3. The smallest absolute Gasteiger partial charge is 0.252 e. The average Bonchev–Trinajstić information content (AvgIpc) is 2.83. The zero-order valence-electron chi connectivity index (χ0n) is 19.0. The van der Waals surface area contributed by atoms with E-state index in [0.717, 1.165) is 26.0 Å². The minimum absolute atomic E-state index is 0.584. The van der Waals surface area contributed by atoms with Crippen molar-refractivity contribution in [2.45, 2.75) is 26.1 Å². The van der Waals surface area contributed by atoms with Crippen molar-refractivity contribution in [1.29, 1.82) is 0 Å². The number of rotatable bonds is 9. The van der Waals surface area contributed by atoms with Crippen LogP contribution in [0.2, 0.25) is 0 Å². The first kappa shape index (κ1) is 21.8. The van der Waals surface area contributed by atoms with E-state index in [1.54, 1.807) is 0 Å². The van der Waals surface area contributed by atoms with Gasteiger partial charge < -0.3 is 4.74 Å². The molecular formula is C27H32N4O+4. The predicted octanol–water partition coefficient (Wildman–Crippen LogP) is 2.70. The molecule has 0 saturated heterocycles. The van der Waals surface area contributed by atoms with Crippen LogP contribution in [0.1, 0.15) is 12.8 Å². The first-order valence-electron chi connectivity index (χ1n) is 11.1. The van der Waals surface area contributed by atoms with Crippen molar-refractivity contribution in [3.63, 3.8) is 0 Å². The van der Waals surface area contributed by atoms with Crippen LogP contribution < -0.4 is 18.3 Å². The summed E-state index contributed by atoms with van der Waals surface area (Å²) in [5, 5.41) is 0. The quantitative estimate of drug-likeness (QED) is 0.297. The van der Waals surface area contributed by atoms with E-state index in [1.807, 2.05) is 23.2 Å². The SMILES string of the molecule is C[n+]1ccc(-c2cc[n+](CCCCOC[n+]3ccc(-c4cc[n+](C)cc4)cc3)cc2)cc1. The van der Waals surface area contributed by atoms with Gasteiger partial charge >= 0.3 is 0 Å². The lowest BCUT2D eigenvalue weighted by Crippen LogP contribution is -2.34. The van der Waals surface area contributed by atoms with Crippen LogP contribution in [0.4, 0.5) is 0 Å². The molecule has 4 rings (SSSR count). The van der Waals surface area contributed by atoms with Crippen LogP contribution in [0, 0.1) is 0 Å². The molecule has 0 unspecified atom stereocenters. The molecule has 4 aromatic rings. The molecule has 0 fully saturated rings. The Morgan fingerprint density at radius 2 is 0.938 bits per heavy atom. The van der Waals surface area contributed by atoms with Crippen LogP contribution in [0.3, 0.4) is 0 Å². The second-order valence-corrected chi connectivity index (χ2v) is 8.17. The molecule has 0 atom stereocenters. The van der Waals surface area contributed by atoms with Crippen molar-refractivity contribution >= 4 is 0 Å². The fourth-order valence-electron chi connectivity index (χ4n) is 3.59. The lowest BCUT2D eigenvalue weighted by Gasteiger charge is -2.03. The summed E-state index contributed by atoms with van der Waals surface area (Å²) in [6.45, 7) is 2.36. The number of nitrogens with zero attached hydrogens (tertiary/aromatic N) is 4. The van der Waals surface area contributed by atoms with E-state index in [9.17, 15) is 0 Å². The van der Waals surface area contributed by atoms with Crippen LogP contribution >= 0.6 is 0 Å². The van der Waals surface area contributed by atoms with Gasteiger partial charge in [-0.15, -0.1) is 0 Å². The molecule has 0 bridgehead atoms. The summed E-state index contributed by atoms with van der Waals surface area (Å²) >= 11 is 0. The highest BCUT2D eigenvalue weighted by atomic mass is 16.5. The minimum atomic E-state index is 0.584. The number of hydrogen-bond donors (Lipinski definition) is 0. The Kier molecular flexibility index (Phi) is 7.31. The lowest BCUT2D eigenvalue weighted by molar-refractivity contribution is -0.732. The predicted molar refractivity (Wildman–Crippen MR) is 122 cm³/mol. The van der Waals surface area contributed by atoms with Gasteiger partial charge in [0.1, 0.15) is 20.6 Å². The number of pyridine rings is 4. The number of aromatic nitrogens is 4. The van der Waals surface area contributed by atoms with Crippen molar-refractivity contribution in [2.24, 2.45) is 14.1 Å². The topological polar surface area (TPSA) is 24.8 Å². The van der Waals surface area contributed by atoms with Gasteiger partial charge in [0.15, 0.2) is 49.6 Å². The molecule has 5 nitrogen and oxygen atoms in total. The molecule has 0 amide bonds. The van der Waals surface area contributed by atoms with Crippen LogP contribution in [0.5, 0.6) is 0 Å². The molecule has 0 N–H and O–H groups in total. The van der Waals surface area contributed by atoms with E-state index in [1.165, 1.54) is 22.3 Å². The van der Waals surface area contributed by atoms with Crippen molar-refractivity contribution < 1.29 is 23.0 Å². The van der Waals surface area contributed by atoms with Crippen molar-refractivity contribution in [3.05, 3.63) is 98.1 Å². The highest BCUT2D eigenvalue weighted by molar-refractivity contribution is 5.61. The van der Waals surface area contributed by atoms with E-state index in [0.29, 0.717) is 6.73 Å². The molecule has 0 saturated carbocycles. The van der Waals surface area contributed by atoms with Crippen molar-refractivity contribution in [3.8, 4) is 22.3 Å². The molecule has 162 valence electrons. The Bertz CT molecular complexity index is 1010. The van der Waals surface area contributed by atoms with Crippen molar-refractivity contribution in [2.75, 3.05) is 6.61 Å². The van der Waals surface area contributed by atoms with E-state index in [-0.39, 0.29) is 0 Å². The Morgan fingerprint density at radius 1 is 0.531 bits per heavy atom. The Hall–Kier alpha value is -3.44. The van der Waals surface area contributed by atoms with Gasteiger partial charge in [-0.3, -0.25) is 0 Å². The maximum Gasteiger partial charge on any atom is 0.252 e. The highest BCUT2D eigenvalue weighted by Gasteiger charge is 2.06. The summed E-state index contributed by atoms with van der Waals surface area (Å²) in [6, 6.07) is 17.2. The molecule has 5 heteroatoms. The van der Waals surface area contributed by atoms with E-state index in [2.05, 4.69) is 107 Å². The molecule has 4 aromatic heterocycles. The second kappa shape index (κ2) is 10.7. The fourth-order valence-corrected chi connectivity index (χ4v) is 3.59. The Balaban J connectivity index is 1.16. The molecule has 0 aliphatic heterocycles. The first-order chi connectivity index (χ1) is 15.7. The van der Waals surface area contributed by atoms with E-state index >= 15 is 0 Å². The molecule has 0 aliphatic carbocycles. The van der Waals surface area contributed by atoms with Gasteiger partial charge in [0, 0.05) is 55.0 Å². The third kappa shape index (κ3) is 6.05. The number of aryl methyl sites for hydroxylation is 3.